The Morgan fingerprint density at radius 1 is 0.968 bits per heavy atom. The number of methoxy groups -OCH3 is 1. The number of carbonyl (C=O) groups is 1. The van der Waals surface area contributed by atoms with Gasteiger partial charge in [0.05, 0.1) is 17.7 Å². The van der Waals surface area contributed by atoms with Crippen molar-refractivity contribution in [3.05, 3.63) is 84.4 Å². The highest BCUT2D eigenvalue weighted by atomic mass is 32.2. The van der Waals surface area contributed by atoms with Crippen LogP contribution < -0.4 is 13.9 Å². The smallest absolute Gasteiger partial charge is 0.264 e. The number of ether oxygens (including phenoxy) is 1. The lowest BCUT2D eigenvalue weighted by Crippen LogP contribution is -2.45. The van der Waals surface area contributed by atoms with Crippen LogP contribution in [0, 0.1) is 0 Å². The molecule has 0 aliphatic carbocycles. The van der Waals surface area contributed by atoms with Gasteiger partial charge in [-0.1, -0.05) is 36.4 Å². The van der Waals surface area contributed by atoms with Gasteiger partial charge in [0.2, 0.25) is 5.91 Å². The maximum atomic E-state index is 13.5. The van der Waals surface area contributed by atoms with Crippen LogP contribution in [0.5, 0.6) is 5.75 Å². The zero-order valence-electron chi connectivity index (χ0n) is 17.3. The number of hydrogen-bond acceptors (Lipinski definition) is 4. The summed E-state index contributed by atoms with van der Waals surface area (Å²) in [7, 11) is -2.39. The molecule has 0 saturated heterocycles. The van der Waals surface area contributed by atoms with Crippen molar-refractivity contribution in [2.45, 2.75) is 17.7 Å². The van der Waals surface area contributed by atoms with Gasteiger partial charge in [0.15, 0.2) is 0 Å². The van der Waals surface area contributed by atoms with Gasteiger partial charge in [0, 0.05) is 12.2 Å². The van der Waals surface area contributed by atoms with Gasteiger partial charge in [-0.3, -0.25) is 9.10 Å². The van der Waals surface area contributed by atoms with Crippen LogP contribution in [0.2, 0.25) is 0 Å². The fourth-order valence-electron chi connectivity index (χ4n) is 3.78. The first-order valence-corrected chi connectivity index (χ1v) is 11.5. The number of carbonyl (C=O) groups excluding carboxylic acids is 1. The Morgan fingerprint density at radius 2 is 1.65 bits per heavy atom. The largest absolute Gasteiger partial charge is 0.497 e. The average Bonchev–Trinajstić information content (AvgIpc) is 2.82. The summed E-state index contributed by atoms with van der Waals surface area (Å²) in [5.41, 5.74) is 2.36. The fourth-order valence-corrected chi connectivity index (χ4v) is 5.22. The van der Waals surface area contributed by atoms with Crippen LogP contribution in [0.25, 0.3) is 0 Å². The van der Waals surface area contributed by atoms with Crippen molar-refractivity contribution >= 4 is 27.3 Å². The monoisotopic (exact) mass is 436 g/mol. The number of hydrogen-bond donors (Lipinski definition) is 0. The molecule has 1 heterocycles. The van der Waals surface area contributed by atoms with Crippen molar-refractivity contribution in [3.63, 3.8) is 0 Å². The number of amides is 1. The fraction of sp³-hybridized carbons (Fsp3) is 0.208. The zero-order chi connectivity index (χ0) is 21.8. The van der Waals surface area contributed by atoms with Crippen LogP contribution >= 0.6 is 0 Å². The van der Waals surface area contributed by atoms with Gasteiger partial charge in [-0.05, 0) is 60.9 Å². The molecule has 0 saturated carbocycles. The highest BCUT2D eigenvalue weighted by Gasteiger charge is 2.30. The SMILES string of the molecule is COc1ccc(N(CC(=O)N2CCCc3ccccc32)S(=O)(=O)c2ccccc2)cc1. The molecule has 3 aromatic carbocycles. The summed E-state index contributed by atoms with van der Waals surface area (Å²) in [6.45, 7) is 0.273. The highest BCUT2D eigenvalue weighted by Crippen LogP contribution is 2.29. The molecule has 0 radical (unpaired) electrons. The second-order valence-electron chi connectivity index (χ2n) is 7.30. The van der Waals surface area contributed by atoms with Crippen molar-refractivity contribution in [2.75, 3.05) is 29.4 Å². The summed E-state index contributed by atoms with van der Waals surface area (Å²) < 4.78 is 33.3. The van der Waals surface area contributed by atoms with E-state index in [0.717, 1.165) is 24.1 Å². The van der Waals surface area contributed by atoms with E-state index in [4.69, 9.17) is 4.74 Å². The van der Waals surface area contributed by atoms with Crippen molar-refractivity contribution in [1.29, 1.82) is 0 Å². The van der Waals surface area contributed by atoms with Gasteiger partial charge < -0.3 is 9.64 Å². The molecule has 3 aromatic rings. The van der Waals surface area contributed by atoms with E-state index in [1.54, 1.807) is 54.5 Å². The van der Waals surface area contributed by atoms with Crippen molar-refractivity contribution < 1.29 is 17.9 Å². The Kier molecular flexibility index (Phi) is 5.95. The first kappa shape index (κ1) is 20.9. The lowest BCUT2D eigenvalue weighted by molar-refractivity contribution is -0.117. The second-order valence-corrected chi connectivity index (χ2v) is 9.16. The number of sulfonamides is 1. The van der Waals surface area contributed by atoms with Gasteiger partial charge in [0.25, 0.3) is 10.0 Å². The molecule has 1 aliphatic heterocycles. The van der Waals surface area contributed by atoms with Crippen LogP contribution in [-0.2, 0) is 21.2 Å². The molecule has 6 nitrogen and oxygen atoms in total. The number of fused-ring (bicyclic) bond motifs is 1. The lowest BCUT2D eigenvalue weighted by atomic mass is 10.0. The van der Waals surface area contributed by atoms with E-state index in [1.807, 2.05) is 24.3 Å². The summed E-state index contributed by atoms with van der Waals surface area (Å²) in [5.74, 6) is 0.347. The van der Waals surface area contributed by atoms with Crippen molar-refractivity contribution in [1.82, 2.24) is 0 Å². The predicted octanol–water partition coefficient (Wildman–Crippen LogP) is 3.87. The number of anilines is 2. The summed E-state index contributed by atoms with van der Waals surface area (Å²) in [6.07, 6.45) is 1.75. The zero-order valence-corrected chi connectivity index (χ0v) is 18.1. The minimum absolute atomic E-state index is 0.137. The molecule has 0 unspecified atom stereocenters. The van der Waals surface area contributed by atoms with Crippen LogP contribution in [0.15, 0.2) is 83.8 Å². The molecule has 4 rings (SSSR count). The molecular weight excluding hydrogens is 412 g/mol. The molecular formula is C24H24N2O4S. The molecule has 0 fully saturated rings. The number of nitrogens with zero attached hydrogens (tertiary/aromatic N) is 2. The van der Waals surface area contributed by atoms with Gasteiger partial charge >= 0.3 is 0 Å². The van der Waals surface area contributed by atoms with Crippen LogP contribution in [0.1, 0.15) is 12.0 Å². The third-order valence-corrected chi connectivity index (χ3v) is 7.17. The Balaban J connectivity index is 1.70. The topological polar surface area (TPSA) is 66.9 Å². The maximum Gasteiger partial charge on any atom is 0.264 e. The standard InChI is InChI=1S/C24H24N2O4S/c1-30-21-15-13-20(14-16-21)26(31(28,29)22-10-3-2-4-11-22)18-24(27)25-17-7-9-19-8-5-6-12-23(19)25/h2-6,8,10-16H,7,9,17-18H2,1H3. The number of para-hydroxylation sites is 1. The molecule has 31 heavy (non-hydrogen) atoms. The van der Waals surface area contributed by atoms with Gasteiger partial charge in [0.1, 0.15) is 12.3 Å². The molecule has 0 atom stereocenters. The molecule has 0 spiro atoms. The second kappa shape index (κ2) is 8.81. The summed E-state index contributed by atoms with van der Waals surface area (Å²) in [5, 5.41) is 0. The van der Waals surface area contributed by atoms with E-state index < -0.39 is 10.0 Å². The molecule has 7 heteroatoms. The number of benzene rings is 3. The molecule has 0 bridgehead atoms. The Hall–Kier alpha value is -3.32. The minimum atomic E-state index is -3.94. The van der Waals surface area contributed by atoms with Crippen molar-refractivity contribution in [3.8, 4) is 5.75 Å². The summed E-state index contributed by atoms with van der Waals surface area (Å²) >= 11 is 0. The molecule has 160 valence electrons. The van der Waals surface area contributed by atoms with Crippen LogP contribution in [0.4, 0.5) is 11.4 Å². The Bertz CT molecular complexity index is 1160. The third kappa shape index (κ3) is 4.27. The highest BCUT2D eigenvalue weighted by molar-refractivity contribution is 7.92. The molecule has 1 aliphatic rings. The van der Waals surface area contributed by atoms with E-state index >= 15 is 0 Å². The number of aryl methyl sites for hydroxylation is 1. The Labute approximate surface area is 182 Å². The normalized spacial score (nSPS) is 13.4. The van der Waals surface area contributed by atoms with E-state index in [2.05, 4.69) is 0 Å². The van der Waals surface area contributed by atoms with E-state index in [1.165, 1.54) is 16.4 Å². The van der Waals surface area contributed by atoms with Gasteiger partial charge in [-0.25, -0.2) is 8.42 Å². The summed E-state index contributed by atoms with van der Waals surface area (Å²) in [4.78, 5) is 15.2. The van der Waals surface area contributed by atoms with Crippen molar-refractivity contribution in [2.24, 2.45) is 0 Å². The molecule has 0 aromatic heterocycles. The minimum Gasteiger partial charge on any atom is -0.497 e. The molecule has 0 N–H and O–H groups in total. The maximum absolute atomic E-state index is 13.5. The van der Waals surface area contributed by atoms with Gasteiger partial charge in [-0.15, -0.1) is 0 Å². The van der Waals surface area contributed by atoms with Gasteiger partial charge in [-0.2, -0.15) is 0 Å². The Morgan fingerprint density at radius 3 is 2.35 bits per heavy atom. The first-order chi connectivity index (χ1) is 15.0. The van der Waals surface area contributed by atoms with E-state index in [-0.39, 0.29) is 17.3 Å². The van der Waals surface area contributed by atoms with Crippen LogP contribution in [-0.4, -0.2) is 34.5 Å². The first-order valence-electron chi connectivity index (χ1n) is 10.1. The summed E-state index contributed by atoms with van der Waals surface area (Å²) in [6, 6.07) is 22.6. The van der Waals surface area contributed by atoms with E-state index in [9.17, 15) is 13.2 Å². The predicted molar refractivity (Wildman–Crippen MR) is 121 cm³/mol. The lowest BCUT2D eigenvalue weighted by Gasteiger charge is -2.32. The third-order valence-electron chi connectivity index (χ3n) is 5.38. The molecule has 1 amide bonds. The average molecular weight is 437 g/mol. The quantitative estimate of drug-likeness (QED) is 0.588. The van der Waals surface area contributed by atoms with Crippen LogP contribution in [0.3, 0.4) is 0 Å². The number of rotatable bonds is 6. The van der Waals surface area contributed by atoms with E-state index in [0.29, 0.717) is 18.0 Å².